The van der Waals surface area contributed by atoms with Crippen molar-refractivity contribution in [1.82, 2.24) is 10.2 Å². The van der Waals surface area contributed by atoms with Crippen molar-refractivity contribution in [3.05, 3.63) is 23.8 Å². The molecule has 1 atom stereocenters. The molecule has 2 amide bonds. The summed E-state index contributed by atoms with van der Waals surface area (Å²) in [5.41, 5.74) is -0.147. The zero-order chi connectivity index (χ0) is 17.9. The number of hydrogen-bond donors (Lipinski definition) is 1. The number of nitrogens with zero attached hydrogens (tertiary/aromatic N) is 1. The highest BCUT2D eigenvalue weighted by Gasteiger charge is 2.50. The molecule has 0 bridgehead atoms. The van der Waals surface area contributed by atoms with Crippen LogP contribution in [0.5, 0.6) is 11.5 Å². The molecule has 2 aliphatic heterocycles. The normalized spacial score (nSPS) is 22.8. The monoisotopic (exact) mass is 346 g/mol. The number of carbonyl (C=O) groups is 2. The van der Waals surface area contributed by atoms with Gasteiger partial charge in [0.2, 0.25) is 5.91 Å². The van der Waals surface area contributed by atoms with Gasteiger partial charge in [-0.15, -0.1) is 0 Å². The second-order valence-corrected chi connectivity index (χ2v) is 6.48. The first-order valence-electron chi connectivity index (χ1n) is 9.12. The number of likely N-dealkylation sites (tertiary alicyclic amines) is 1. The molecule has 136 valence electrons. The van der Waals surface area contributed by atoms with Crippen molar-refractivity contribution < 1.29 is 19.1 Å². The van der Waals surface area contributed by atoms with Crippen molar-refractivity contribution >= 4 is 11.8 Å². The molecule has 25 heavy (non-hydrogen) atoms. The topological polar surface area (TPSA) is 67.9 Å². The highest BCUT2D eigenvalue weighted by molar-refractivity contribution is 6.00. The van der Waals surface area contributed by atoms with E-state index in [2.05, 4.69) is 5.32 Å². The summed E-state index contributed by atoms with van der Waals surface area (Å²) >= 11 is 0. The quantitative estimate of drug-likeness (QED) is 0.889. The van der Waals surface area contributed by atoms with Crippen molar-refractivity contribution in [3.8, 4) is 11.5 Å². The van der Waals surface area contributed by atoms with Crippen LogP contribution in [0, 0.1) is 0 Å². The first-order chi connectivity index (χ1) is 12.1. The summed E-state index contributed by atoms with van der Waals surface area (Å²) in [7, 11) is 0. The van der Waals surface area contributed by atoms with Gasteiger partial charge in [-0.2, -0.15) is 0 Å². The van der Waals surface area contributed by atoms with Crippen molar-refractivity contribution in [2.45, 2.75) is 45.1 Å². The number of benzene rings is 1. The zero-order valence-corrected chi connectivity index (χ0v) is 15.0. The number of ether oxygens (including phenoxy) is 2. The Morgan fingerprint density at radius 2 is 1.88 bits per heavy atom. The molecule has 2 saturated heterocycles. The van der Waals surface area contributed by atoms with Gasteiger partial charge >= 0.3 is 0 Å². The number of carbonyl (C=O) groups excluding carboxylic acids is 2. The predicted octanol–water partition coefficient (Wildman–Crippen LogP) is 2.37. The largest absolute Gasteiger partial charge is 0.490 e. The Kier molecular flexibility index (Phi) is 5.16. The van der Waals surface area contributed by atoms with Crippen LogP contribution in [0.3, 0.4) is 0 Å². The standard InChI is InChI=1S/C19H26N2O4/c1-3-24-15-8-7-14(13-16(15)25-4-2)17(22)21-12-6-10-19(21)9-5-11-20-18(19)23/h7-8,13H,3-6,9-12H2,1-2H3,(H,20,23). The van der Waals surface area contributed by atoms with Gasteiger partial charge in [0, 0.05) is 18.7 Å². The maximum atomic E-state index is 13.1. The molecule has 2 fully saturated rings. The van der Waals surface area contributed by atoms with E-state index < -0.39 is 5.54 Å². The molecule has 3 rings (SSSR count). The molecule has 1 N–H and O–H groups in total. The van der Waals surface area contributed by atoms with Gasteiger partial charge < -0.3 is 19.7 Å². The molecule has 1 aromatic rings. The summed E-state index contributed by atoms with van der Waals surface area (Å²) in [6.45, 7) is 6.14. The predicted molar refractivity (Wildman–Crippen MR) is 94.0 cm³/mol. The van der Waals surface area contributed by atoms with Crippen LogP contribution in [0.15, 0.2) is 18.2 Å². The molecule has 2 heterocycles. The third-order valence-electron chi connectivity index (χ3n) is 5.00. The number of piperidine rings is 1. The van der Waals surface area contributed by atoms with Crippen molar-refractivity contribution in [2.24, 2.45) is 0 Å². The second kappa shape index (κ2) is 7.33. The summed E-state index contributed by atoms with van der Waals surface area (Å²) in [5.74, 6) is 1.07. The maximum absolute atomic E-state index is 13.1. The van der Waals surface area contributed by atoms with Gasteiger partial charge in [-0.25, -0.2) is 0 Å². The van der Waals surface area contributed by atoms with Gasteiger partial charge in [-0.3, -0.25) is 9.59 Å². The molecule has 1 spiro atoms. The van der Waals surface area contributed by atoms with E-state index in [0.29, 0.717) is 43.4 Å². The lowest BCUT2D eigenvalue weighted by Crippen LogP contribution is -2.60. The molecule has 6 nitrogen and oxygen atoms in total. The first-order valence-corrected chi connectivity index (χ1v) is 9.12. The minimum absolute atomic E-state index is 0.0134. The molecule has 1 aromatic carbocycles. The molecule has 1 unspecified atom stereocenters. The van der Waals surface area contributed by atoms with Crippen LogP contribution in [-0.4, -0.2) is 48.6 Å². The van der Waals surface area contributed by atoms with E-state index >= 15 is 0 Å². The highest BCUT2D eigenvalue weighted by Crippen LogP contribution is 2.37. The SMILES string of the molecule is CCOc1ccc(C(=O)N2CCCC23CCCNC3=O)cc1OCC. The van der Waals surface area contributed by atoms with Gasteiger partial charge in [0.15, 0.2) is 11.5 Å². The summed E-state index contributed by atoms with van der Waals surface area (Å²) in [6, 6.07) is 5.25. The van der Waals surface area contributed by atoms with Crippen LogP contribution in [0.2, 0.25) is 0 Å². The van der Waals surface area contributed by atoms with Crippen LogP contribution in [-0.2, 0) is 4.79 Å². The zero-order valence-electron chi connectivity index (χ0n) is 15.0. The lowest BCUT2D eigenvalue weighted by molar-refractivity contribution is -0.133. The Morgan fingerprint density at radius 1 is 1.16 bits per heavy atom. The van der Waals surface area contributed by atoms with Gasteiger partial charge in [0.05, 0.1) is 13.2 Å². The maximum Gasteiger partial charge on any atom is 0.254 e. The summed E-state index contributed by atoms with van der Waals surface area (Å²) in [5, 5.41) is 2.93. The number of amides is 2. The number of hydrogen-bond acceptors (Lipinski definition) is 4. The summed E-state index contributed by atoms with van der Waals surface area (Å²) in [4.78, 5) is 27.4. The van der Waals surface area contributed by atoms with Crippen LogP contribution in [0.4, 0.5) is 0 Å². The molecule has 0 radical (unpaired) electrons. The van der Waals surface area contributed by atoms with E-state index in [-0.39, 0.29) is 11.8 Å². The lowest BCUT2D eigenvalue weighted by Gasteiger charge is -2.40. The van der Waals surface area contributed by atoms with Crippen molar-refractivity contribution in [2.75, 3.05) is 26.3 Å². The van der Waals surface area contributed by atoms with Crippen molar-refractivity contribution in [3.63, 3.8) is 0 Å². The third-order valence-corrected chi connectivity index (χ3v) is 5.00. The average molecular weight is 346 g/mol. The van der Waals surface area contributed by atoms with E-state index in [4.69, 9.17) is 9.47 Å². The van der Waals surface area contributed by atoms with Gasteiger partial charge in [0.1, 0.15) is 5.54 Å². The Labute approximate surface area is 148 Å². The van der Waals surface area contributed by atoms with Gasteiger partial charge in [0.25, 0.3) is 5.91 Å². The summed E-state index contributed by atoms with van der Waals surface area (Å²) < 4.78 is 11.2. The fourth-order valence-electron chi connectivity index (χ4n) is 3.87. The Bertz CT molecular complexity index is 661. The Balaban J connectivity index is 1.89. The Morgan fingerprint density at radius 3 is 2.60 bits per heavy atom. The van der Waals surface area contributed by atoms with E-state index in [1.165, 1.54) is 0 Å². The molecular weight excluding hydrogens is 320 g/mol. The van der Waals surface area contributed by atoms with E-state index in [0.717, 1.165) is 25.7 Å². The first kappa shape index (κ1) is 17.6. The van der Waals surface area contributed by atoms with E-state index in [9.17, 15) is 9.59 Å². The molecule has 2 aliphatic rings. The number of nitrogens with one attached hydrogen (secondary N) is 1. The fraction of sp³-hybridized carbons (Fsp3) is 0.579. The number of rotatable bonds is 5. The highest BCUT2D eigenvalue weighted by atomic mass is 16.5. The average Bonchev–Trinajstić information content (AvgIpc) is 3.03. The lowest BCUT2D eigenvalue weighted by atomic mass is 9.86. The molecule has 0 saturated carbocycles. The fourth-order valence-corrected chi connectivity index (χ4v) is 3.87. The minimum Gasteiger partial charge on any atom is -0.490 e. The smallest absolute Gasteiger partial charge is 0.254 e. The van der Waals surface area contributed by atoms with Gasteiger partial charge in [-0.05, 0) is 57.7 Å². The van der Waals surface area contributed by atoms with Crippen LogP contribution in [0.1, 0.15) is 49.9 Å². The van der Waals surface area contributed by atoms with Crippen LogP contribution >= 0.6 is 0 Å². The molecule has 0 aromatic heterocycles. The van der Waals surface area contributed by atoms with Crippen LogP contribution < -0.4 is 14.8 Å². The molecule has 6 heteroatoms. The summed E-state index contributed by atoms with van der Waals surface area (Å²) in [6.07, 6.45) is 3.23. The third kappa shape index (κ3) is 3.17. The van der Waals surface area contributed by atoms with Crippen LogP contribution in [0.25, 0.3) is 0 Å². The molecular formula is C19H26N2O4. The second-order valence-electron chi connectivity index (χ2n) is 6.48. The Hall–Kier alpha value is -2.24. The van der Waals surface area contributed by atoms with E-state index in [1.807, 2.05) is 13.8 Å². The van der Waals surface area contributed by atoms with E-state index in [1.54, 1.807) is 23.1 Å². The molecule has 0 aliphatic carbocycles. The van der Waals surface area contributed by atoms with Gasteiger partial charge in [-0.1, -0.05) is 0 Å². The minimum atomic E-state index is -0.681. The van der Waals surface area contributed by atoms with Crippen molar-refractivity contribution in [1.29, 1.82) is 0 Å².